The molecule has 5 heteroatoms. The van der Waals surface area contributed by atoms with Crippen LogP contribution >= 0.6 is 0 Å². The lowest BCUT2D eigenvalue weighted by molar-refractivity contribution is -0.132. The molecule has 0 saturated carbocycles. The van der Waals surface area contributed by atoms with E-state index in [2.05, 4.69) is 5.16 Å². The topological polar surface area (TPSA) is 57.1 Å². The SMILES string of the molecule is CON=C(C(=O)OC)c1ccccc1COc1cc(C)ccc1C. The Morgan fingerprint density at radius 1 is 1.08 bits per heavy atom. The highest BCUT2D eigenvalue weighted by molar-refractivity contribution is 6.43. The fraction of sp³-hybridized carbons (Fsp3) is 0.263. The zero-order chi connectivity index (χ0) is 17.5. The second kappa shape index (κ2) is 8.15. The molecule has 0 bridgehead atoms. The van der Waals surface area contributed by atoms with Crippen molar-refractivity contribution in [3.8, 4) is 5.75 Å². The number of nitrogens with zero attached hydrogens (tertiary/aromatic N) is 1. The molecule has 2 aromatic rings. The van der Waals surface area contributed by atoms with Gasteiger partial charge in [0, 0.05) is 5.56 Å². The molecule has 0 radical (unpaired) electrons. The van der Waals surface area contributed by atoms with E-state index in [9.17, 15) is 4.79 Å². The summed E-state index contributed by atoms with van der Waals surface area (Å²) < 4.78 is 10.7. The zero-order valence-corrected chi connectivity index (χ0v) is 14.3. The summed E-state index contributed by atoms with van der Waals surface area (Å²) in [6, 6.07) is 13.4. The van der Waals surface area contributed by atoms with Gasteiger partial charge in [-0.25, -0.2) is 4.79 Å². The van der Waals surface area contributed by atoms with E-state index in [1.165, 1.54) is 14.2 Å². The van der Waals surface area contributed by atoms with Crippen molar-refractivity contribution in [3.05, 3.63) is 64.7 Å². The van der Waals surface area contributed by atoms with Crippen LogP contribution in [0.5, 0.6) is 5.75 Å². The van der Waals surface area contributed by atoms with Crippen molar-refractivity contribution in [1.82, 2.24) is 0 Å². The van der Waals surface area contributed by atoms with Crippen LogP contribution in [0.25, 0.3) is 0 Å². The minimum atomic E-state index is -0.559. The van der Waals surface area contributed by atoms with Crippen LogP contribution in [0.3, 0.4) is 0 Å². The van der Waals surface area contributed by atoms with Crippen LogP contribution in [0.2, 0.25) is 0 Å². The Balaban J connectivity index is 2.30. The molecule has 0 saturated heterocycles. The molecule has 0 aliphatic heterocycles. The van der Waals surface area contributed by atoms with Gasteiger partial charge >= 0.3 is 5.97 Å². The molecule has 0 aromatic heterocycles. The van der Waals surface area contributed by atoms with Crippen molar-refractivity contribution in [2.45, 2.75) is 20.5 Å². The van der Waals surface area contributed by atoms with Gasteiger partial charge < -0.3 is 14.3 Å². The van der Waals surface area contributed by atoms with Crippen LogP contribution in [0.4, 0.5) is 0 Å². The summed E-state index contributed by atoms with van der Waals surface area (Å²) in [6.07, 6.45) is 0. The van der Waals surface area contributed by atoms with E-state index in [-0.39, 0.29) is 5.71 Å². The number of hydrogen-bond donors (Lipinski definition) is 0. The Labute approximate surface area is 141 Å². The molecule has 0 spiro atoms. The van der Waals surface area contributed by atoms with Crippen molar-refractivity contribution in [3.63, 3.8) is 0 Å². The van der Waals surface area contributed by atoms with Gasteiger partial charge in [0.2, 0.25) is 0 Å². The third-order valence-electron chi connectivity index (χ3n) is 3.56. The molecule has 2 rings (SSSR count). The standard InChI is InChI=1S/C19H21NO4/c1-13-9-10-14(2)17(11-13)24-12-15-7-5-6-8-16(15)18(20-23-4)19(21)22-3/h5-11H,12H2,1-4H3. The Bertz CT molecular complexity index is 753. The van der Waals surface area contributed by atoms with Crippen LogP contribution in [0.15, 0.2) is 47.6 Å². The van der Waals surface area contributed by atoms with Gasteiger partial charge in [0.1, 0.15) is 19.5 Å². The second-order valence-electron chi connectivity index (χ2n) is 5.33. The Morgan fingerprint density at radius 2 is 1.83 bits per heavy atom. The molecular formula is C19H21NO4. The van der Waals surface area contributed by atoms with Crippen LogP contribution < -0.4 is 4.74 Å². The van der Waals surface area contributed by atoms with Gasteiger partial charge in [-0.1, -0.05) is 41.6 Å². The number of benzene rings is 2. The number of aryl methyl sites for hydroxylation is 2. The highest BCUT2D eigenvalue weighted by Gasteiger charge is 2.19. The zero-order valence-electron chi connectivity index (χ0n) is 14.3. The first kappa shape index (κ1) is 17.5. The van der Waals surface area contributed by atoms with Gasteiger partial charge in [-0.15, -0.1) is 0 Å². The number of carbonyl (C=O) groups is 1. The molecule has 0 aliphatic carbocycles. The van der Waals surface area contributed by atoms with Crippen molar-refractivity contribution in [1.29, 1.82) is 0 Å². The van der Waals surface area contributed by atoms with E-state index in [4.69, 9.17) is 14.3 Å². The molecule has 0 N–H and O–H groups in total. The molecule has 0 amide bonds. The van der Waals surface area contributed by atoms with Gasteiger partial charge in [0.25, 0.3) is 0 Å². The molecule has 5 nitrogen and oxygen atoms in total. The lowest BCUT2D eigenvalue weighted by Gasteiger charge is -2.13. The summed E-state index contributed by atoms with van der Waals surface area (Å²) in [5, 5.41) is 3.80. The van der Waals surface area contributed by atoms with Gasteiger partial charge in [0.15, 0.2) is 5.71 Å². The van der Waals surface area contributed by atoms with Crippen LogP contribution in [0.1, 0.15) is 22.3 Å². The first-order valence-corrected chi connectivity index (χ1v) is 7.54. The Kier molecular flexibility index (Phi) is 5.95. The summed E-state index contributed by atoms with van der Waals surface area (Å²) in [4.78, 5) is 16.7. The van der Waals surface area contributed by atoms with Gasteiger partial charge in [-0.05, 0) is 36.6 Å². The minimum Gasteiger partial charge on any atom is -0.489 e. The average molecular weight is 327 g/mol. The summed E-state index contributed by atoms with van der Waals surface area (Å²) in [6.45, 7) is 4.31. The van der Waals surface area contributed by atoms with Gasteiger partial charge in [0.05, 0.1) is 7.11 Å². The molecule has 2 aromatic carbocycles. The number of esters is 1. The van der Waals surface area contributed by atoms with Crippen LogP contribution in [-0.2, 0) is 21.0 Å². The summed E-state index contributed by atoms with van der Waals surface area (Å²) >= 11 is 0. The monoisotopic (exact) mass is 327 g/mol. The number of rotatable bonds is 6. The molecule has 24 heavy (non-hydrogen) atoms. The second-order valence-corrected chi connectivity index (χ2v) is 5.33. The predicted octanol–water partition coefficient (Wildman–Crippen LogP) is 3.41. The van der Waals surface area contributed by atoms with E-state index in [1.54, 1.807) is 6.07 Å². The van der Waals surface area contributed by atoms with Crippen LogP contribution in [0, 0.1) is 13.8 Å². The first-order chi connectivity index (χ1) is 11.6. The fourth-order valence-corrected chi connectivity index (χ4v) is 2.28. The number of methoxy groups -OCH3 is 1. The van der Waals surface area contributed by atoms with Gasteiger partial charge in [-0.3, -0.25) is 0 Å². The van der Waals surface area contributed by atoms with Crippen molar-refractivity contribution in [2.24, 2.45) is 5.16 Å². The quantitative estimate of drug-likeness (QED) is 0.463. The maximum atomic E-state index is 12.0. The van der Waals surface area contributed by atoms with Crippen molar-refractivity contribution < 1.29 is 19.1 Å². The smallest absolute Gasteiger partial charge is 0.360 e. The first-order valence-electron chi connectivity index (χ1n) is 7.54. The van der Waals surface area contributed by atoms with E-state index in [0.29, 0.717) is 12.2 Å². The summed E-state index contributed by atoms with van der Waals surface area (Å²) in [5.74, 6) is 0.254. The largest absolute Gasteiger partial charge is 0.489 e. The highest BCUT2D eigenvalue weighted by Crippen LogP contribution is 2.21. The molecule has 0 fully saturated rings. The van der Waals surface area contributed by atoms with E-state index in [1.807, 2.05) is 50.2 Å². The third kappa shape index (κ3) is 4.13. The predicted molar refractivity (Wildman–Crippen MR) is 92.3 cm³/mol. The number of hydrogen-bond acceptors (Lipinski definition) is 5. The average Bonchev–Trinajstić information content (AvgIpc) is 2.60. The summed E-state index contributed by atoms with van der Waals surface area (Å²) in [7, 11) is 2.70. The lowest BCUT2D eigenvalue weighted by atomic mass is 10.0. The number of carbonyl (C=O) groups excluding carboxylic acids is 1. The van der Waals surface area contributed by atoms with Crippen molar-refractivity contribution >= 4 is 11.7 Å². The Morgan fingerprint density at radius 3 is 2.54 bits per heavy atom. The maximum Gasteiger partial charge on any atom is 0.360 e. The molecular weight excluding hydrogens is 306 g/mol. The maximum absolute atomic E-state index is 12.0. The molecule has 0 atom stereocenters. The number of oxime groups is 1. The van der Waals surface area contributed by atoms with Crippen LogP contribution in [-0.4, -0.2) is 25.9 Å². The normalized spacial score (nSPS) is 11.1. The molecule has 0 aliphatic rings. The lowest BCUT2D eigenvalue weighted by Crippen LogP contribution is -2.19. The van der Waals surface area contributed by atoms with E-state index in [0.717, 1.165) is 22.4 Å². The summed E-state index contributed by atoms with van der Waals surface area (Å²) in [5.41, 5.74) is 3.73. The molecule has 0 heterocycles. The van der Waals surface area contributed by atoms with Crippen molar-refractivity contribution in [2.75, 3.05) is 14.2 Å². The molecule has 126 valence electrons. The third-order valence-corrected chi connectivity index (χ3v) is 3.56. The van der Waals surface area contributed by atoms with Gasteiger partial charge in [-0.2, -0.15) is 0 Å². The van der Waals surface area contributed by atoms with E-state index < -0.39 is 5.97 Å². The van der Waals surface area contributed by atoms with E-state index >= 15 is 0 Å². The Hall–Kier alpha value is -2.82. The fourth-order valence-electron chi connectivity index (χ4n) is 2.28. The molecule has 0 unspecified atom stereocenters. The highest BCUT2D eigenvalue weighted by atomic mass is 16.6. The minimum absolute atomic E-state index is 0.111. The number of ether oxygens (including phenoxy) is 2.